The van der Waals surface area contributed by atoms with Crippen molar-refractivity contribution in [2.75, 3.05) is 6.54 Å². The zero-order valence-electron chi connectivity index (χ0n) is 18.5. The highest BCUT2D eigenvalue weighted by molar-refractivity contribution is 5.80. The maximum absolute atomic E-state index is 12.3. The molecule has 2 aromatic carbocycles. The second-order valence-electron chi connectivity index (χ2n) is 8.84. The molecule has 3 N–H and O–H groups in total. The van der Waals surface area contributed by atoms with Crippen LogP contribution in [0.1, 0.15) is 62.5 Å². The van der Waals surface area contributed by atoms with Gasteiger partial charge in [0.1, 0.15) is 23.0 Å². The Morgan fingerprint density at radius 1 is 1.03 bits per heavy atom. The van der Waals surface area contributed by atoms with Crippen molar-refractivity contribution >= 4 is 11.9 Å². The zero-order valence-corrected chi connectivity index (χ0v) is 18.5. The van der Waals surface area contributed by atoms with E-state index >= 15 is 0 Å². The number of hydrogen-bond donors (Lipinski definition) is 2. The molecule has 1 aliphatic heterocycles. The Labute approximate surface area is 188 Å². The first kappa shape index (κ1) is 22.3. The van der Waals surface area contributed by atoms with Crippen LogP contribution in [0.5, 0.6) is 11.5 Å². The molecule has 2 aliphatic rings. The summed E-state index contributed by atoms with van der Waals surface area (Å²) in [5, 5.41) is 10.0. The molecular formula is C26H31NO5. The van der Waals surface area contributed by atoms with E-state index in [0.29, 0.717) is 6.42 Å². The third-order valence-corrected chi connectivity index (χ3v) is 6.88. The van der Waals surface area contributed by atoms with Crippen LogP contribution in [0, 0.1) is 11.8 Å². The molecule has 0 spiro atoms. The Morgan fingerprint density at radius 2 is 1.66 bits per heavy atom. The SMILES string of the molecule is CCCCCCC1C(C(=O)O)C1(CC1c2ccccc2Oc2ccccc21)OC(=O)CN. The van der Waals surface area contributed by atoms with Gasteiger partial charge >= 0.3 is 11.9 Å². The van der Waals surface area contributed by atoms with Crippen LogP contribution in [0.15, 0.2) is 48.5 Å². The minimum Gasteiger partial charge on any atom is -0.481 e. The highest BCUT2D eigenvalue weighted by Crippen LogP contribution is 2.62. The summed E-state index contributed by atoms with van der Waals surface area (Å²) >= 11 is 0. The molecule has 0 saturated heterocycles. The van der Waals surface area contributed by atoms with E-state index in [1.807, 2.05) is 48.5 Å². The van der Waals surface area contributed by atoms with Crippen LogP contribution >= 0.6 is 0 Å². The number of nitrogens with two attached hydrogens (primary N) is 1. The zero-order chi connectivity index (χ0) is 22.7. The van der Waals surface area contributed by atoms with E-state index in [0.717, 1.165) is 54.7 Å². The van der Waals surface area contributed by atoms with E-state index in [4.69, 9.17) is 15.2 Å². The predicted octanol–water partition coefficient (Wildman–Crippen LogP) is 4.86. The van der Waals surface area contributed by atoms with Gasteiger partial charge in [0.05, 0.1) is 6.54 Å². The molecule has 170 valence electrons. The Bertz CT molecular complexity index is 944. The number of hydrogen-bond acceptors (Lipinski definition) is 5. The van der Waals surface area contributed by atoms with Gasteiger partial charge in [-0.25, -0.2) is 0 Å². The summed E-state index contributed by atoms with van der Waals surface area (Å²) in [5.74, 6) is -1.03. The topological polar surface area (TPSA) is 98.9 Å². The van der Waals surface area contributed by atoms with Gasteiger partial charge in [0.2, 0.25) is 0 Å². The normalized spacial score (nSPS) is 23.6. The van der Waals surface area contributed by atoms with Crippen molar-refractivity contribution in [2.24, 2.45) is 17.6 Å². The van der Waals surface area contributed by atoms with Crippen LogP contribution in [0.3, 0.4) is 0 Å². The second-order valence-corrected chi connectivity index (χ2v) is 8.84. The smallest absolute Gasteiger partial charge is 0.320 e. The summed E-state index contributed by atoms with van der Waals surface area (Å²) in [6.45, 7) is 1.88. The fraction of sp³-hybridized carbons (Fsp3) is 0.462. The first-order valence-electron chi connectivity index (χ1n) is 11.5. The maximum atomic E-state index is 12.3. The Hall–Kier alpha value is -2.86. The third-order valence-electron chi connectivity index (χ3n) is 6.88. The lowest BCUT2D eigenvalue weighted by atomic mass is 9.82. The van der Waals surface area contributed by atoms with Crippen molar-refractivity contribution in [3.63, 3.8) is 0 Å². The molecule has 3 atom stereocenters. The number of rotatable bonds is 10. The van der Waals surface area contributed by atoms with Crippen molar-refractivity contribution in [3.05, 3.63) is 59.7 Å². The van der Waals surface area contributed by atoms with Gasteiger partial charge in [0.25, 0.3) is 0 Å². The molecule has 3 unspecified atom stereocenters. The van der Waals surface area contributed by atoms with Gasteiger partial charge in [-0.15, -0.1) is 0 Å². The lowest BCUT2D eigenvalue weighted by molar-refractivity contribution is -0.154. The summed E-state index contributed by atoms with van der Waals surface area (Å²) in [6.07, 6.45) is 5.30. The number of carbonyl (C=O) groups is 2. The van der Waals surface area contributed by atoms with E-state index in [1.54, 1.807) is 0 Å². The molecular weight excluding hydrogens is 406 g/mol. The molecule has 1 saturated carbocycles. The highest BCUT2D eigenvalue weighted by Gasteiger charge is 2.71. The van der Waals surface area contributed by atoms with Gasteiger partial charge in [-0.3, -0.25) is 9.59 Å². The largest absolute Gasteiger partial charge is 0.481 e. The summed E-state index contributed by atoms with van der Waals surface area (Å²) in [6, 6.07) is 15.6. The van der Waals surface area contributed by atoms with Gasteiger partial charge in [-0.1, -0.05) is 69.0 Å². The molecule has 0 amide bonds. The lowest BCUT2D eigenvalue weighted by Crippen LogP contribution is -2.32. The number of unbranched alkanes of at least 4 members (excludes halogenated alkanes) is 3. The first-order valence-corrected chi connectivity index (χ1v) is 11.5. The minimum absolute atomic E-state index is 0.135. The molecule has 32 heavy (non-hydrogen) atoms. The van der Waals surface area contributed by atoms with Gasteiger partial charge in [-0.2, -0.15) is 0 Å². The molecule has 0 radical (unpaired) electrons. The van der Waals surface area contributed by atoms with Gasteiger partial charge in [-0.05, 0) is 25.0 Å². The number of aliphatic carboxylic acids is 1. The number of fused-ring (bicyclic) bond motifs is 2. The molecule has 2 aromatic rings. The fourth-order valence-electron chi connectivity index (χ4n) is 5.34. The molecule has 0 bridgehead atoms. The molecule has 1 fully saturated rings. The van der Waals surface area contributed by atoms with E-state index in [9.17, 15) is 14.7 Å². The van der Waals surface area contributed by atoms with E-state index < -0.39 is 23.5 Å². The first-order chi connectivity index (χ1) is 15.5. The quantitative estimate of drug-likeness (QED) is 0.407. The van der Waals surface area contributed by atoms with E-state index in [2.05, 4.69) is 6.92 Å². The Kier molecular flexibility index (Phi) is 6.51. The molecule has 6 nitrogen and oxygen atoms in total. The van der Waals surface area contributed by atoms with E-state index in [1.165, 1.54) is 0 Å². The van der Waals surface area contributed by atoms with Crippen molar-refractivity contribution < 1.29 is 24.2 Å². The lowest BCUT2D eigenvalue weighted by Gasteiger charge is -2.31. The van der Waals surface area contributed by atoms with E-state index in [-0.39, 0.29) is 18.4 Å². The average molecular weight is 438 g/mol. The van der Waals surface area contributed by atoms with Crippen LogP contribution in [0.4, 0.5) is 0 Å². The number of ether oxygens (including phenoxy) is 2. The summed E-state index contributed by atoms with van der Waals surface area (Å²) < 4.78 is 12.0. The van der Waals surface area contributed by atoms with Crippen LogP contribution in [0.25, 0.3) is 0 Å². The number of carbonyl (C=O) groups excluding carboxylic acids is 1. The molecule has 6 heteroatoms. The molecule has 1 heterocycles. The number of carboxylic acid groups (broad SMARTS) is 1. The number of benzene rings is 2. The summed E-state index contributed by atoms with van der Waals surface area (Å²) in [4.78, 5) is 24.6. The van der Waals surface area contributed by atoms with Crippen molar-refractivity contribution in [2.45, 2.75) is 57.0 Å². The van der Waals surface area contributed by atoms with Crippen molar-refractivity contribution in [3.8, 4) is 11.5 Å². The van der Waals surface area contributed by atoms with Crippen molar-refractivity contribution in [1.29, 1.82) is 0 Å². The minimum atomic E-state index is -1.06. The molecule has 4 rings (SSSR count). The van der Waals surface area contributed by atoms with Crippen LogP contribution < -0.4 is 10.5 Å². The number of esters is 1. The highest BCUT2D eigenvalue weighted by atomic mass is 16.6. The van der Waals surface area contributed by atoms with Crippen LogP contribution in [-0.4, -0.2) is 29.2 Å². The van der Waals surface area contributed by atoms with Crippen LogP contribution in [0.2, 0.25) is 0 Å². The summed E-state index contributed by atoms with van der Waals surface area (Å²) in [7, 11) is 0. The number of para-hydroxylation sites is 2. The standard InChI is InChI=1S/C26H31NO5/c1-2-3-4-5-12-20-24(25(29)30)26(20,32-23(28)16-27)15-19-17-10-6-8-13-21(17)31-22-14-9-7-11-18(19)22/h6-11,13-14,19-20,24H,2-5,12,15-16,27H2,1H3,(H,29,30). The van der Waals surface area contributed by atoms with Crippen molar-refractivity contribution in [1.82, 2.24) is 0 Å². The fourth-order valence-corrected chi connectivity index (χ4v) is 5.34. The predicted molar refractivity (Wildman–Crippen MR) is 121 cm³/mol. The van der Waals surface area contributed by atoms with Crippen LogP contribution in [-0.2, 0) is 14.3 Å². The third kappa shape index (κ3) is 4.11. The molecule has 0 aromatic heterocycles. The second kappa shape index (κ2) is 9.33. The average Bonchev–Trinajstić information content (AvgIpc) is 3.42. The summed E-state index contributed by atoms with van der Waals surface area (Å²) in [5.41, 5.74) is 6.46. The monoisotopic (exact) mass is 437 g/mol. The van der Waals surface area contributed by atoms with Gasteiger partial charge in [0.15, 0.2) is 0 Å². The Morgan fingerprint density at radius 3 is 2.22 bits per heavy atom. The molecule has 1 aliphatic carbocycles. The maximum Gasteiger partial charge on any atom is 0.320 e. The number of carboxylic acids is 1. The Balaban J connectivity index is 1.69. The van der Waals surface area contributed by atoms with Gasteiger partial charge < -0.3 is 20.3 Å². The van der Waals surface area contributed by atoms with Gasteiger partial charge in [0, 0.05) is 23.0 Å².